The van der Waals surface area contributed by atoms with Crippen molar-refractivity contribution in [3.05, 3.63) is 33.9 Å². The number of nitriles is 1. The van der Waals surface area contributed by atoms with Gasteiger partial charge in [0.15, 0.2) is 5.75 Å². The summed E-state index contributed by atoms with van der Waals surface area (Å²) >= 11 is 5.56. The molecule has 0 saturated heterocycles. The summed E-state index contributed by atoms with van der Waals surface area (Å²) in [5, 5.41) is 19.6. The van der Waals surface area contributed by atoms with Crippen LogP contribution >= 0.6 is 11.6 Å². The number of rotatable bonds is 8. The number of nitrogens with zero attached hydrogens (tertiary/aromatic N) is 2. The lowest BCUT2D eigenvalue weighted by Gasteiger charge is -2.06. The van der Waals surface area contributed by atoms with Crippen LogP contribution in [-0.4, -0.2) is 17.4 Å². The number of benzene rings is 1. The van der Waals surface area contributed by atoms with Gasteiger partial charge in [0.05, 0.1) is 23.2 Å². The second-order valence-electron chi connectivity index (χ2n) is 4.00. The third-order valence-electron chi connectivity index (χ3n) is 2.57. The van der Waals surface area contributed by atoms with Crippen LogP contribution in [-0.2, 0) is 0 Å². The van der Waals surface area contributed by atoms with Gasteiger partial charge in [-0.05, 0) is 25.0 Å². The summed E-state index contributed by atoms with van der Waals surface area (Å²) in [6.07, 6.45) is 3.81. The van der Waals surface area contributed by atoms with Crippen molar-refractivity contribution >= 4 is 17.3 Å². The Morgan fingerprint density at radius 3 is 2.68 bits per heavy atom. The summed E-state index contributed by atoms with van der Waals surface area (Å²) in [5.41, 5.74) is 0.0842. The molecule has 0 aliphatic carbocycles. The smallest absolute Gasteiger partial charge is 0.312 e. The monoisotopic (exact) mass is 282 g/mol. The fourth-order valence-electron chi connectivity index (χ4n) is 1.58. The third-order valence-corrected chi connectivity index (χ3v) is 2.84. The molecule has 102 valence electrons. The van der Waals surface area contributed by atoms with Gasteiger partial charge in [-0.3, -0.25) is 10.1 Å². The van der Waals surface area contributed by atoms with Crippen molar-refractivity contribution in [3.8, 4) is 11.8 Å². The van der Waals surface area contributed by atoms with Gasteiger partial charge in [-0.1, -0.05) is 12.8 Å². The molecule has 0 spiro atoms. The van der Waals surface area contributed by atoms with Crippen molar-refractivity contribution in [2.45, 2.75) is 25.7 Å². The van der Waals surface area contributed by atoms with Crippen LogP contribution in [0.5, 0.6) is 5.75 Å². The number of hydrogen-bond donors (Lipinski definition) is 0. The van der Waals surface area contributed by atoms with Crippen LogP contribution in [0.1, 0.15) is 31.2 Å². The highest BCUT2D eigenvalue weighted by Crippen LogP contribution is 2.27. The van der Waals surface area contributed by atoms with Gasteiger partial charge in [-0.15, -0.1) is 11.6 Å². The molecule has 0 radical (unpaired) electrons. The van der Waals surface area contributed by atoms with E-state index in [2.05, 4.69) is 0 Å². The predicted octanol–water partition coefficient (Wildman–Crippen LogP) is 3.64. The van der Waals surface area contributed by atoms with Crippen LogP contribution < -0.4 is 4.74 Å². The third kappa shape index (κ3) is 5.14. The molecule has 0 aliphatic heterocycles. The molecular weight excluding hydrogens is 268 g/mol. The van der Waals surface area contributed by atoms with Crippen molar-refractivity contribution in [3.63, 3.8) is 0 Å². The van der Waals surface area contributed by atoms with Crippen LogP contribution in [0.4, 0.5) is 5.69 Å². The fourth-order valence-corrected chi connectivity index (χ4v) is 1.77. The maximum Gasteiger partial charge on any atom is 0.312 e. The number of alkyl halides is 1. The zero-order chi connectivity index (χ0) is 14.1. The first-order chi connectivity index (χ1) is 9.19. The maximum atomic E-state index is 10.9. The SMILES string of the molecule is N#Cc1ccc(OCCCCCCCl)c([N+](=O)[O-])c1. The molecule has 6 heteroatoms. The van der Waals surface area contributed by atoms with E-state index in [4.69, 9.17) is 21.6 Å². The van der Waals surface area contributed by atoms with E-state index in [9.17, 15) is 10.1 Å². The number of unbranched alkanes of at least 4 members (excludes halogenated alkanes) is 3. The second kappa shape index (κ2) is 8.33. The van der Waals surface area contributed by atoms with Gasteiger partial charge in [-0.2, -0.15) is 5.26 Å². The van der Waals surface area contributed by atoms with Crippen LogP contribution in [0.3, 0.4) is 0 Å². The van der Waals surface area contributed by atoms with Gasteiger partial charge in [0.25, 0.3) is 0 Å². The average molecular weight is 283 g/mol. The number of ether oxygens (including phenoxy) is 1. The highest BCUT2D eigenvalue weighted by Gasteiger charge is 2.15. The van der Waals surface area contributed by atoms with Crippen molar-refractivity contribution in [1.82, 2.24) is 0 Å². The maximum absolute atomic E-state index is 10.9. The fraction of sp³-hybridized carbons (Fsp3) is 0.462. The van der Waals surface area contributed by atoms with Crippen LogP contribution in [0.25, 0.3) is 0 Å². The van der Waals surface area contributed by atoms with E-state index in [1.807, 2.05) is 6.07 Å². The Hall–Kier alpha value is -1.80. The molecular formula is C13H15ClN2O3. The van der Waals surface area contributed by atoms with Crippen molar-refractivity contribution in [1.29, 1.82) is 5.26 Å². The molecule has 0 aliphatic rings. The minimum Gasteiger partial charge on any atom is -0.487 e. The molecule has 0 bridgehead atoms. The van der Waals surface area contributed by atoms with Crippen LogP contribution in [0, 0.1) is 21.4 Å². The second-order valence-corrected chi connectivity index (χ2v) is 4.38. The molecule has 1 aromatic carbocycles. The van der Waals surface area contributed by atoms with Gasteiger partial charge in [0, 0.05) is 11.9 Å². The predicted molar refractivity (Wildman–Crippen MR) is 72.5 cm³/mol. The molecule has 0 N–H and O–H groups in total. The quantitative estimate of drug-likeness (QED) is 0.316. The minimum atomic E-state index is -0.538. The Bertz CT molecular complexity index is 471. The van der Waals surface area contributed by atoms with Gasteiger partial charge in [-0.25, -0.2) is 0 Å². The summed E-state index contributed by atoms with van der Waals surface area (Å²) in [4.78, 5) is 10.3. The topological polar surface area (TPSA) is 76.2 Å². The first-order valence-electron chi connectivity index (χ1n) is 6.06. The molecule has 1 rings (SSSR count). The highest BCUT2D eigenvalue weighted by atomic mass is 35.5. The van der Waals surface area contributed by atoms with E-state index < -0.39 is 4.92 Å². The molecule has 0 unspecified atom stereocenters. The lowest BCUT2D eigenvalue weighted by molar-refractivity contribution is -0.385. The van der Waals surface area contributed by atoms with E-state index >= 15 is 0 Å². The summed E-state index contributed by atoms with van der Waals surface area (Å²) in [6.45, 7) is 0.426. The first-order valence-corrected chi connectivity index (χ1v) is 6.59. The molecule has 0 heterocycles. The highest BCUT2D eigenvalue weighted by molar-refractivity contribution is 6.17. The van der Waals surface area contributed by atoms with E-state index in [1.54, 1.807) is 0 Å². The minimum absolute atomic E-state index is 0.167. The zero-order valence-electron chi connectivity index (χ0n) is 10.5. The van der Waals surface area contributed by atoms with Gasteiger partial charge in [0.1, 0.15) is 0 Å². The Morgan fingerprint density at radius 2 is 2.05 bits per heavy atom. The molecule has 1 aromatic rings. The number of hydrogen-bond acceptors (Lipinski definition) is 4. The van der Waals surface area contributed by atoms with Gasteiger partial charge < -0.3 is 4.74 Å². The summed E-state index contributed by atoms with van der Waals surface area (Å²) in [7, 11) is 0. The van der Waals surface area contributed by atoms with Crippen LogP contribution in [0.15, 0.2) is 18.2 Å². The Labute approximate surface area is 116 Å². The molecule has 0 saturated carbocycles. The molecule has 0 atom stereocenters. The van der Waals surface area contributed by atoms with E-state index in [1.165, 1.54) is 18.2 Å². The summed E-state index contributed by atoms with van der Waals surface area (Å²) in [6, 6.07) is 6.07. The first kappa shape index (κ1) is 15.3. The lowest BCUT2D eigenvalue weighted by atomic mass is 10.2. The standard InChI is InChI=1S/C13H15ClN2O3/c14-7-3-1-2-4-8-19-13-6-5-11(10-15)9-12(13)16(17)18/h5-6,9H,1-4,7-8H2. The number of halogens is 1. The van der Waals surface area contributed by atoms with E-state index in [0.29, 0.717) is 12.5 Å². The van der Waals surface area contributed by atoms with E-state index in [0.717, 1.165) is 25.7 Å². The molecule has 5 nitrogen and oxygen atoms in total. The molecule has 0 aromatic heterocycles. The number of nitro benzene ring substituents is 1. The summed E-state index contributed by atoms with van der Waals surface area (Å²) in [5.74, 6) is 0.864. The average Bonchev–Trinajstić information content (AvgIpc) is 2.42. The van der Waals surface area contributed by atoms with Crippen molar-refractivity contribution in [2.75, 3.05) is 12.5 Å². The van der Waals surface area contributed by atoms with Crippen molar-refractivity contribution < 1.29 is 9.66 Å². The van der Waals surface area contributed by atoms with Crippen molar-refractivity contribution in [2.24, 2.45) is 0 Å². The Morgan fingerprint density at radius 1 is 1.32 bits per heavy atom. The molecule has 0 fully saturated rings. The molecule has 19 heavy (non-hydrogen) atoms. The van der Waals surface area contributed by atoms with E-state index in [-0.39, 0.29) is 17.0 Å². The Kier molecular flexibility index (Phi) is 6.69. The normalized spacial score (nSPS) is 9.89. The Balaban J connectivity index is 2.53. The summed E-state index contributed by atoms with van der Waals surface area (Å²) < 4.78 is 5.39. The van der Waals surface area contributed by atoms with Crippen LogP contribution in [0.2, 0.25) is 0 Å². The molecule has 0 amide bonds. The van der Waals surface area contributed by atoms with Gasteiger partial charge >= 0.3 is 5.69 Å². The lowest BCUT2D eigenvalue weighted by Crippen LogP contribution is -2.01. The van der Waals surface area contributed by atoms with Gasteiger partial charge in [0.2, 0.25) is 0 Å². The zero-order valence-corrected chi connectivity index (χ0v) is 11.2. The number of nitro groups is 1. The largest absolute Gasteiger partial charge is 0.487 e.